The normalized spacial score (nSPS) is 12.8. The summed E-state index contributed by atoms with van der Waals surface area (Å²) < 4.78 is 1.76. The second-order valence-electron chi connectivity index (χ2n) is 2.86. The topological polar surface area (TPSA) is 81.1 Å². The van der Waals surface area contributed by atoms with Gasteiger partial charge in [0.1, 0.15) is 5.92 Å². The van der Waals surface area contributed by atoms with Crippen molar-refractivity contribution in [1.82, 2.24) is 9.55 Å². The van der Waals surface area contributed by atoms with Crippen LogP contribution in [0.1, 0.15) is 11.6 Å². The fourth-order valence-corrected chi connectivity index (χ4v) is 1.80. The molecule has 14 heavy (non-hydrogen) atoms. The Morgan fingerprint density at radius 3 is 2.86 bits per heavy atom. The van der Waals surface area contributed by atoms with Crippen molar-refractivity contribution in [1.29, 1.82) is 0 Å². The smallest absolute Gasteiger partial charge is 0.313 e. The Hall–Kier alpha value is -1.01. The first kappa shape index (κ1) is 11.1. The van der Waals surface area contributed by atoms with Gasteiger partial charge in [0.2, 0.25) is 0 Å². The molecule has 78 valence electrons. The van der Waals surface area contributed by atoms with Gasteiger partial charge in [-0.05, 0) is 6.26 Å². The highest BCUT2D eigenvalue weighted by Gasteiger charge is 2.22. The summed E-state index contributed by atoms with van der Waals surface area (Å²) in [5.41, 5.74) is 6.04. The minimum atomic E-state index is -0.914. The van der Waals surface area contributed by atoms with Gasteiger partial charge >= 0.3 is 5.97 Å². The van der Waals surface area contributed by atoms with E-state index in [1.54, 1.807) is 17.8 Å². The Kier molecular flexibility index (Phi) is 3.54. The predicted octanol–water partition coefficient (Wildman–Crippen LogP) is 0.269. The van der Waals surface area contributed by atoms with E-state index in [2.05, 4.69) is 4.98 Å². The highest BCUT2D eigenvalue weighted by Crippen LogP contribution is 2.20. The van der Waals surface area contributed by atoms with E-state index in [0.717, 1.165) is 5.16 Å². The third kappa shape index (κ3) is 1.91. The standard InChI is InChI=1S/C8H13N3O2S/c1-11-6(4-10-8(11)14-2)5(3-9)7(12)13/h4-5H,3,9H2,1-2H3,(H,12,13). The summed E-state index contributed by atoms with van der Waals surface area (Å²) >= 11 is 1.47. The molecule has 0 spiro atoms. The molecule has 1 aromatic rings. The average Bonchev–Trinajstić information content (AvgIpc) is 2.49. The Morgan fingerprint density at radius 1 is 1.86 bits per heavy atom. The lowest BCUT2D eigenvalue weighted by molar-refractivity contribution is -0.138. The molecule has 1 aromatic heterocycles. The van der Waals surface area contributed by atoms with E-state index in [4.69, 9.17) is 10.8 Å². The van der Waals surface area contributed by atoms with Crippen LogP contribution >= 0.6 is 11.8 Å². The quantitative estimate of drug-likeness (QED) is 0.704. The Labute approximate surface area is 86.3 Å². The molecule has 0 aliphatic carbocycles. The Balaban J connectivity index is 3.05. The maximum atomic E-state index is 10.9. The number of hydrogen-bond acceptors (Lipinski definition) is 4. The number of rotatable bonds is 4. The Bertz CT molecular complexity index is 337. The monoisotopic (exact) mass is 215 g/mol. The first-order valence-electron chi connectivity index (χ1n) is 4.10. The highest BCUT2D eigenvalue weighted by atomic mass is 32.2. The zero-order valence-electron chi connectivity index (χ0n) is 8.10. The molecule has 5 nitrogen and oxygen atoms in total. The predicted molar refractivity (Wildman–Crippen MR) is 54.4 cm³/mol. The van der Waals surface area contributed by atoms with Gasteiger partial charge in [-0.1, -0.05) is 11.8 Å². The lowest BCUT2D eigenvalue weighted by atomic mass is 10.1. The van der Waals surface area contributed by atoms with E-state index in [1.807, 2.05) is 6.26 Å². The molecule has 0 fully saturated rings. The summed E-state index contributed by atoms with van der Waals surface area (Å²) in [6.45, 7) is 0.0860. The van der Waals surface area contributed by atoms with E-state index in [-0.39, 0.29) is 6.54 Å². The molecule has 3 N–H and O–H groups in total. The van der Waals surface area contributed by atoms with Crippen molar-refractivity contribution in [3.63, 3.8) is 0 Å². The first-order chi connectivity index (χ1) is 6.61. The van der Waals surface area contributed by atoms with Crippen LogP contribution < -0.4 is 5.73 Å². The molecular formula is C8H13N3O2S. The van der Waals surface area contributed by atoms with Crippen molar-refractivity contribution >= 4 is 17.7 Å². The number of aliphatic carboxylic acids is 1. The number of thioether (sulfide) groups is 1. The van der Waals surface area contributed by atoms with Crippen LogP contribution in [-0.4, -0.2) is 33.4 Å². The minimum Gasteiger partial charge on any atom is -0.481 e. The lowest BCUT2D eigenvalue weighted by Gasteiger charge is -2.10. The van der Waals surface area contributed by atoms with Crippen molar-refractivity contribution in [3.05, 3.63) is 11.9 Å². The molecule has 1 atom stereocenters. The third-order valence-corrected chi connectivity index (χ3v) is 2.80. The van der Waals surface area contributed by atoms with Gasteiger partial charge < -0.3 is 15.4 Å². The van der Waals surface area contributed by atoms with Crippen LogP contribution in [-0.2, 0) is 11.8 Å². The summed E-state index contributed by atoms with van der Waals surface area (Å²) in [5.74, 6) is -1.59. The van der Waals surface area contributed by atoms with Gasteiger partial charge in [-0.2, -0.15) is 0 Å². The zero-order chi connectivity index (χ0) is 10.7. The number of aromatic nitrogens is 2. The maximum Gasteiger partial charge on any atom is 0.313 e. The van der Waals surface area contributed by atoms with E-state index in [0.29, 0.717) is 5.69 Å². The van der Waals surface area contributed by atoms with Crippen molar-refractivity contribution in [2.24, 2.45) is 12.8 Å². The number of carboxylic acids is 1. The van der Waals surface area contributed by atoms with Crippen LogP contribution in [0.15, 0.2) is 11.4 Å². The molecular weight excluding hydrogens is 202 g/mol. The van der Waals surface area contributed by atoms with Gasteiger partial charge in [-0.25, -0.2) is 4.98 Å². The molecule has 0 saturated carbocycles. The second-order valence-corrected chi connectivity index (χ2v) is 3.63. The van der Waals surface area contributed by atoms with E-state index in [1.165, 1.54) is 11.8 Å². The fraction of sp³-hybridized carbons (Fsp3) is 0.500. The number of nitrogens with zero attached hydrogens (tertiary/aromatic N) is 2. The van der Waals surface area contributed by atoms with Crippen LogP contribution in [0.5, 0.6) is 0 Å². The largest absolute Gasteiger partial charge is 0.481 e. The van der Waals surface area contributed by atoms with Gasteiger partial charge in [0.25, 0.3) is 0 Å². The molecule has 0 saturated heterocycles. The zero-order valence-corrected chi connectivity index (χ0v) is 8.91. The molecule has 1 heterocycles. The summed E-state index contributed by atoms with van der Waals surface area (Å²) in [7, 11) is 1.79. The van der Waals surface area contributed by atoms with Crippen LogP contribution in [0.2, 0.25) is 0 Å². The van der Waals surface area contributed by atoms with Crippen molar-refractivity contribution in [2.45, 2.75) is 11.1 Å². The van der Waals surface area contributed by atoms with Crippen LogP contribution in [0.3, 0.4) is 0 Å². The molecule has 0 amide bonds. The summed E-state index contributed by atoms with van der Waals surface area (Å²) in [6.07, 6.45) is 3.46. The van der Waals surface area contributed by atoms with Crippen molar-refractivity contribution in [3.8, 4) is 0 Å². The number of carboxylic acid groups (broad SMARTS) is 1. The average molecular weight is 215 g/mol. The third-order valence-electron chi connectivity index (χ3n) is 2.05. The van der Waals surface area contributed by atoms with Crippen molar-refractivity contribution in [2.75, 3.05) is 12.8 Å². The summed E-state index contributed by atoms with van der Waals surface area (Å²) in [6, 6.07) is 0. The summed E-state index contributed by atoms with van der Waals surface area (Å²) in [4.78, 5) is 14.9. The van der Waals surface area contributed by atoms with Crippen LogP contribution in [0, 0.1) is 0 Å². The number of nitrogens with two attached hydrogens (primary N) is 1. The second kappa shape index (κ2) is 4.47. The number of imidazole rings is 1. The van der Waals surface area contributed by atoms with Crippen LogP contribution in [0.4, 0.5) is 0 Å². The molecule has 0 bridgehead atoms. The van der Waals surface area contributed by atoms with Crippen LogP contribution in [0.25, 0.3) is 0 Å². The van der Waals surface area contributed by atoms with Gasteiger partial charge in [-0.3, -0.25) is 4.79 Å². The maximum absolute atomic E-state index is 10.9. The van der Waals surface area contributed by atoms with E-state index >= 15 is 0 Å². The van der Waals surface area contributed by atoms with Gasteiger partial charge in [0.15, 0.2) is 5.16 Å². The van der Waals surface area contributed by atoms with E-state index in [9.17, 15) is 4.79 Å². The van der Waals surface area contributed by atoms with Gasteiger partial charge in [-0.15, -0.1) is 0 Å². The molecule has 0 radical (unpaired) electrons. The lowest BCUT2D eigenvalue weighted by Crippen LogP contribution is -2.23. The Morgan fingerprint density at radius 2 is 2.50 bits per heavy atom. The minimum absolute atomic E-state index is 0.0860. The van der Waals surface area contributed by atoms with Gasteiger partial charge in [0.05, 0.1) is 11.9 Å². The molecule has 1 unspecified atom stereocenters. The first-order valence-corrected chi connectivity index (χ1v) is 5.32. The van der Waals surface area contributed by atoms with E-state index < -0.39 is 11.9 Å². The van der Waals surface area contributed by atoms with Gasteiger partial charge in [0, 0.05) is 13.6 Å². The molecule has 1 rings (SSSR count). The molecule has 6 heteroatoms. The molecule has 0 aromatic carbocycles. The molecule has 0 aliphatic rings. The highest BCUT2D eigenvalue weighted by molar-refractivity contribution is 7.98. The summed E-state index contributed by atoms with van der Waals surface area (Å²) in [5, 5.41) is 9.70. The SMILES string of the molecule is CSc1ncc(C(CN)C(=O)O)n1C. The van der Waals surface area contributed by atoms with Crippen molar-refractivity contribution < 1.29 is 9.90 Å². The fourth-order valence-electron chi connectivity index (χ4n) is 1.27. The number of hydrogen-bond donors (Lipinski definition) is 2. The molecule has 0 aliphatic heterocycles. The number of carbonyl (C=O) groups is 1.